The summed E-state index contributed by atoms with van der Waals surface area (Å²) in [7, 11) is 0. The number of carbonyl (C=O) groups is 2. The zero-order chi connectivity index (χ0) is 20.6. The minimum Gasteiger partial charge on any atom is -0.489 e. The summed E-state index contributed by atoms with van der Waals surface area (Å²) in [5.41, 5.74) is 1.88. The Morgan fingerprint density at radius 3 is 2.21 bits per heavy atom. The van der Waals surface area contributed by atoms with E-state index in [0.717, 1.165) is 9.13 Å². The molecule has 0 atom stereocenters. The van der Waals surface area contributed by atoms with E-state index in [9.17, 15) is 14.7 Å². The van der Waals surface area contributed by atoms with Gasteiger partial charge in [0, 0.05) is 9.13 Å². The summed E-state index contributed by atoms with van der Waals surface area (Å²) in [6, 6.07) is 23.5. The number of hydrogen-bond donors (Lipinski definition) is 2. The molecule has 0 bridgehead atoms. The smallest absolute Gasteiger partial charge is 0.352 e. The highest BCUT2D eigenvalue weighted by Gasteiger charge is 2.13. The average Bonchev–Trinajstić information content (AvgIpc) is 2.74. The summed E-state index contributed by atoms with van der Waals surface area (Å²) in [6.07, 6.45) is 1.41. The standard InChI is InChI=1S/C23H18INO4/c24-19-10-6-17(7-11-19)15-29-20-12-8-16(9-13-20)14-21(23(27)28)25-22(26)18-4-2-1-3-5-18/h1-14H,15H2,(H,25,26)(H,27,28). The predicted molar refractivity (Wildman–Crippen MR) is 119 cm³/mol. The number of carbonyl (C=O) groups excluding carboxylic acids is 1. The summed E-state index contributed by atoms with van der Waals surface area (Å²) in [5.74, 6) is -1.02. The van der Waals surface area contributed by atoms with E-state index in [-0.39, 0.29) is 5.70 Å². The van der Waals surface area contributed by atoms with Gasteiger partial charge in [0.25, 0.3) is 5.91 Å². The van der Waals surface area contributed by atoms with E-state index in [1.54, 1.807) is 54.6 Å². The van der Waals surface area contributed by atoms with E-state index in [4.69, 9.17) is 4.74 Å². The molecule has 0 aliphatic rings. The molecule has 146 valence electrons. The molecule has 3 aromatic carbocycles. The van der Waals surface area contributed by atoms with Gasteiger partial charge < -0.3 is 15.2 Å². The van der Waals surface area contributed by atoms with Gasteiger partial charge in [0.05, 0.1) is 0 Å². The Hall–Kier alpha value is -3.13. The second-order valence-corrected chi connectivity index (χ2v) is 7.41. The topological polar surface area (TPSA) is 75.6 Å². The molecule has 6 heteroatoms. The lowest BCUT2D eigenvalue weighted by Crippen LogP contribution is -2.27. The van der Waals surface area contributed by atoms with Crippen LogP contribution in [-0.4, -0.2) is 17.0 Å². The largest absolute Gasteiger partial charge is 0.489 e. The van der Waals surface area contributed by atoms with Crippen molar-refractivity contribution >= 4 is 40.5 Å². The lowest BCUT2D eigenvalue weighted by atomic mass is 10.1. The molecule has 0 fully saturated rings. The summed E-state index contributed by atoms with van der Waals surface area (Å²) >= 11 is 2.25. The van der Waals surface area contributed by atoms with Crippen LogP contribution >= 0.6 is 22.6 Å². The van der Waals surface area contributed by atoms with Crippen LogP contribution in [0.25, 0.3) is 6.08 Å². The molecular formula is C23H18INO4. The molecule has 0 unspecified atom stereocenters. The number of hydrogen-bond acceptors (Lipinski definition) is 3. The summed E-state index contributed by atoms with van der Waals surface area (Å²) in [4.78, 5) is 23.7. The highest BCUT2D eigenvalue weighted by molar-refractivity contribution is 14.1. The maximum atomic E-state index is 12.2. The Balaban J connectivity index is 1.66. The molecule has 0 saturated carbocycles. The number of carboxylic acids is 1. The van der Waals surface area contributed by atoms with Crippen molar-refractivity contribution in [2.75, 3.05) is 0 Å². The third-order valence-electron chi connectivity index (χ3n) is 4.02. The molecule has 3 rings (SSSR count). The maximum absolute atomic E-state index is 12.2. The van der Waals surface area contributed by atoms with E-state index in [2.05, 4.69) is 27.9 Å². The van der Waals surface area contributed by atoms with Crippen molar-refractivity contribution in [3.05, 3.63) is 105 Å². The molecule has 1 amide bonds. The lowest BCUT2D eigenvalue weighted by molar-refractivity contribution is -0.132. The second kappa shape index (κ2) is 9.88. The van der Waals surface area contributed by atoms with Gasteiger partial charge in [-0.3, -0.25) is 4.79 Å². The monoisotopic (exact) mass is 499 g/mol. The van der Waals surface area contributed by atoms with Crippen LogP contribution in [0, 0.1) is 3.57 Å². The fourth-order valence-electron chi connectivity index (χ4n) is 2.51. The molecule has 0 aliphatic carbocycles. The van der Waals surface area contributed by atoms with E-state index >= 15 is 0 Å². The predicted octanol–water partition coefficient (Wildman–Crippen LogP) is 4.73. The number of rotatable bonds is 7. The highest BCUT2D eigenvalue weighted by Crippen LogP contribution is 2.17. The number of nitrogens with one attached hydrogen (secondary N) is 1. The van der Waals surface area contributed by atoms with Gasteiger partial charge in [0.15, 0.2) is 0 Å². The number of aliphatic carboxylic acids is 1. The quantitative estimate of drug-likeness (QED) is 0.364. The number of amides is 1. The third-order valence-corrected chi connectivity index (χ3v) is 4.74. The van der Waals surface area contributed by atoms with E-state index in [0.29, 0.717) is 23.5 Å². The lowest BCUT2D eigenvalue weighted by Gasteiger charge is -2.08. The fourth-order valence-corrected chi connectivity index (χ4v) is 2.87. The number of ether oxygens (including phenoxy) is 1. The van der Waals surface area contributed by atoms with Crippen LogP contribution in [0.15, 0.2) is 84.6 Å². The van der Waals surface area contributed by atoms with Crippen molar-refractivity contribution < 1.29 is 19.4 Å². The van der Waals surface area contributed by atoms with Crippen LogP contribution in [0.4, 0.5) is 0 Å². The molecule has 5 nitrogen and oxygen atoms in total. The summed E-state index contributed by atoms with van der Waals surface area (Å²) in [5, 5.41) is 11.8. The van der Waals surface area contributed by atoms with Crippen molar-refractivity contribution in [2.45, 2.75) is 6.61 Å². The van der Waals surface area contributed by atoms with Gasteiger partial charge in [-0.15, -0.1) is 0 Å². The van der Waals surface area contributed by atoms with Gasteiger partial charge in [-0.1, -0.05) is 42.5 Å². The van der Waals surface area contributed by atoms with Crippen molar-refractivity contribution in [1.82, 2.24) is 5.32 Å². The number of halogens is 1. The molecule has 2 N–H and O–H groups in total. The first-order valence-electron chi connectivity index (χ1n) is 8.80. The molecule has 0 heterocycles. The molecule has 0 radical (unpaired) electrons. The van der Waals surface area contributed by atoms with Crippen LogP contribution in [0.5, 0.6) is 5.75 Å². The SMILES string of the molecule is O=C(O)C(=Cc1ccc(OCc2ccc(I)cc2)cc1)NC(=O)c1ccccc1. The first-order chi connectivity index (χ1) is 14.0. The molecule has 0 aliphatic heterocycles. The van der Waals surface area contributed by atoms with Crippen molar-refractivity contribution in [2.24, 2.45) is 0 Å². The Morgan fingerprint density at radius 2 is 1.59 bits per heavy atom. The van der Waals surface area contributed by atoms with Gasteiger partial charge in [-0.05, 0) is 76.2 Å². The number of benzene rings is 3. The zero-order valence-corrected chi connectivity index (χ0v) is 17.5. The zero-order valence-electron chi connectivity index (χ0n) is 15.3. The first-order valence-corrected chi connectivity index (χ1v) is 9.88. The minimum absolute atomic E-state index is 0.202. The highest BCUT2D eigenvalue weighted by atomic mass is 127. The molecular weight excluding hydrogens is 481 g/mol. The van der Waals surface area contributed by atoms with Gasteiger partial charge in [0.1, 0.15) is 18.1 Å². The van der Waals surface area contributed by atoms with E-state index in [1.165, 1.54) is 6.08 Å². The van der Waals surface area contributed by atoms with Gasteiger partial charge in [-0.25, -0.2) is 4.79 Å². The van der Waals surface area contributed by atoms with Crippen molar-refractivity contribution in [1.29, 1.82) is 0 Å². The third kappa shape index (κ3) is 6.18. The van der Waals surface area contributed by atoms with Crippen molar-refractivity contribution in [3.63, 3.8) is 0 Å². The van der Waals surface area contributed by atoms with Crippen LogP contribution in [0.1, 0.15) is 21.5 Å². The number of carboxylic acid groups (broad SMARTS) is 1. The second-order valence-electron chi connectivity index (χ2n) is 6.17. The minimum atomic E-state index is -1.21. The van der Waals surface area contributed by atoms with Crippen LogP contribution in [0.3, 0.4) is 0 Å². The molecule has 3 aromatic rings. The van der Waals surface area contributed by atoms with Crippen LogP contribution < -0.4 is 10.1 Å². The average molecular weight is 499 g/mol. The molecule has 29 heavy (non-hydrogen) atoms. The Kier molecular flexibility index (Phi) is 7.02. The summed E-state index contributed by atoms with van der Waals surface area (Å²) < 4.78 is 6.92. The maximum Gasteiger partial charge on any atom is 0.352 e. The molecule has 0 saturated heterocycles. The van der Waals surface area contributed by atoms with Crippen LogP contribution in [0.2, 0.25) is 0 Å². The van der Waals surface area contributed by atoms with Gasteiger partial charge in [-0.2, -0.15) is 0 Å². The first kappa shape index (κ1) is 20.6. The van der Waals surface area contributed by atoms with Crippen molar-refractivity contribution in [3.8, 4) is 5.75 Å². The Bertz CT molecular complexity index is 1010. The Morgan fingerprint density at radius 1 is 0.931 bits per heavy atom. The van der Waals surface area contributed by atoms with E-state index in [1.807, 2.05) is 24.3 Å². The Labute approximate surface area is 182 Å². The normalized spacial score (nSPS) is 11.0. The summed E-state index contributed by atoms with van der Waals surface area (Å²) in [6.45, 7) is 0.444. The van der Waals surface area contributed by atoms with Gasteiger partial charge in [0.2, 0.25) is 0 Å². The van der Waals surface area contributed by atoms with Gasteiger partial charge >= 0.3 is 5.97 Å². The molecule has 0 aromatic heterocycles. The van der Waals surface area contributed by atoms with E-state index < -0.39 is 11.9 Å². The fraction of sp³-hybridized carbons (Fsp3) is 0.0435. The van der Waals surface area contributed by atoms with Crippen LogP contribution in [-0.2, 0) is 11.4 Å². The molecule has 0 spiro atoms.